The molecule has 0 aromatic heterocycles. The van der Waals surface area contributed by atoms with E-state index < -0.39 is 20.0 Å². The predicted molar refractivity (Wildman–Crippen MR) is 99.4 cm³/mol. The maximum atomic E-state index is 11.8. The first-order valence-corrected chi connectivity index (χ1v) is 11.8. The summed E-state index contributed by atoms with van der Waals surface area (Å²) >= 11 is 1.22. The number of rotatable bonds is 6. The molecular formula is C16H33NO4SSi. The number of ether oxygens (including phenoxy) is 1. The van der Waals surface area contributed by atoms with Crippen molar-refractivity contribution in [3.63, 3.8) is 0 Å². The molecule has 0 rings (SSSR count). The number of hydrogen-bond donors (Lipinski definition) is 1. The SMILES string of the molecule is CC(=O)SCC(CNC(=O)OC(C)(C)C)O[Si](C)(C)C(C)(C)C. The quantitative estimate of drug-likeness (QED) is 0.717. The van der Waals surface area contributed by atoms with E-state index in [1.165, 1.54) is 18.7 Å². The number of thioether (sulfide) groups is 1. The van der Waals surface area contributed by atoms with Crippen molar-refractivity contribution in [3.8, 4) is 0 Å². The molecule has 136 valence electrons. The first-order chi connectivity index (χ1) is 10.1. The summed E-state index contributed by atoms with van der Waals surface area (Å²) in [4.78, 5) is 23.1. The second-order valence-electron chi connectivity index (χ2n) is 8.19. The van der Waals surface area contributed by atoms with E-state index in [-0.39, 0.29) is 16.3 Å². The average molecular weight is 364 g/mol. The molecule has 0 saturated heterocycles. The lowest BCUT2D eigenvalue weighted by Gasteiger charge is -2.39. The summed E-state index contributed by atoms with van der Waals surface area (Å²) < 4.78 is 11.6. The van der Waals surface area contributed by atoms with Crippen LogP contribution in [0, 0.1) is 0 Å². The van der Waals surface area contributed by atoms with Gasteiger partial charge in [0.15, 0.2) is 13.4 Å². The second-order valence-corrected chi connectivity index (χ2v) is 14.1. The molecule has 0 fully saturated rings. The molecule has 5 nitrogen and oxygen atoms in total. The molecule has 0 spiro atoms. The highest BCUT2D eigenvalue weighted by Gasteiger charge is 2.39. The maximum Gasteiger partial charge on any atom is 0.407 e. The van der Waals surface area contributed by atoms with Crippen LogP contribution in [-0.2, 0) is 14.0 Å². The average Bonchev–Trinajstić information content (AvgIpc) is 2.28. The standard InChI is InChI=1S/C16H33NO4SSi/c1-12(18)22-11-13(21-23(8,9)16(5,6)7)10-17-14(19)20-15(2,3)4/h13H,10-11H2,1-9H3,(H,17,19). The Morgan fingerprint density at radius 1 is 1.13 bits per heavy atom. The first kappa shape index (κ1) is 22.5. The van der Waals surface area contributed by atoms with Gasteiger partial charge in [0, 0.05) is 19.2 Å². The number of carbonyl (C=O) groups excluding carboxylic acids is 2. The Kier molecular flexibility index (Phi) is 8.33. The van der Waals surface area contributed by atoms with E-state index in [1.807, 2.05) is 20.8 Å². The van der Waals surface area contributed by atoms with Gasteiger partial charge < -0.3 is 14.5 Å². The summed E-state index contributed by atoms with van der Waals surface area (Å²) in [7, 11) is -1.98. The van der Waals surface area contributed by atoms with Crippen LogP contribution in [0.5, 0.6) is 0 Å². The van der Waals surface area contributed by atoms with Crippen LogP contribution in [0.1, 0.15) is 48.5 Å². The first-order valence-electron chi connectivity index (χ1n) is 7.92. The van der Waals surface area contributed by atoms with Gasteiger partial charge in [-0.25, -0.2) is 4.79 Å². The Balaban J connectivity index is 4.76. The highest BCUT2D eigenvalue weighted by molar-refractivity contribution is 8.13. The molecule has 0 aliphatic carbocycles. The topological polar surface area (TPSA) is 64.6 Å². The summed E-state index contributed by atoms with van der Waals surface area (Å²) in [6.45, 7) is 18.1. The van der Waals surface area contributed by atoms with Gasteiger partial charge in [0.25, 0.3) is 0 Å². The zero-order chi connectivity index (χ0) is 18.5. The van der Waals surface area contributed by atoms with Crippen LogP contribution in [0.4, 0.5) is 4.79 Å². The normalized spacial score (nSPS) is 14.3. The minimum Gasteiger partial charge on any atom is -0.444 e. The van der Waals surface area contributed by atoms with Gasteiger partial charge in [-0.2, -0.15) is 0 Å². The van der Waals surface area contributed by atoms with Gasteiger partial charge in [-0.05, 0) is 38.9 Å². The van der Waals surface area contributed by atoms with Crippen molar-refractivity contribution < 1.29 is 18.8 Å². The smallest absolute Gasteiger partial charge is 0.407 e. The summed E-state index contributed by atoms with van der Waals surface area (Å²) in [6, 6.07) is 0. The molecule has 0 aliphatic rings. The van der Waals surface area contributed by atoms with Gasteiger partial charge in [-0.3, -0.25) is 4.79 Å². The maximum absolute atomic E-state index is 11.8. The molecule has 0 saturated carbocycles. The van der Waals surface area contributed by atoms with E-state index in [4.69, 9.17) is 9.16 Å². The van der Waals surface area contributed by atoms with Crippen molar-refractivity contribution in [2.24, 2.45) is 0 Å². The van der Waals surface area contributed by atoms with Crippen molar-refractivity contribution in [2.45, 2.75) is 78.3 Å². The fraction of sp³-hybridized carbons (Fsp3) is 0.875. The Hall–Kier alpha value is -0.533. The van der Waals surface area contributed by atoms with Crippen LogP contribution in [0.2, 0.25) is 18.1 Å². The van der Waals surface area contributed by atoms with Gasteiger partial charge in [-0.1, -0.05) is 32.5 Å². The zero-order valence-corrected chi connectivity index (χ0v) is 17.8. The molecule has 0 aliphatic heterocycles. The summed E-state index contributed by atoms with van der Waals surface area (Å²) in [6.07, 6.45) is -0.675. The van der Waals surface area contributed by atoms with E-state index in [2.05, 4.69) is 39.2 Å². The molecule has 7 heteroatoms. The number of amides is 1. The monoisotopic (exact) mass is 363 g/mol. The molecule has 0 bridgehead atoms. The van der Waals surface area contributed by atoms with Gasteiger partial charge in [0.05, 0.1) is 6.10 Å². The van der Waals surface area contributed by atoms with Crippen molar-refractivity contribution in [1.29, 1.82) is 0 Å². The molecule has 1 atom stereocenters. The highest BCUT2D eigenvalue weighted by atomic mass is 32.2. The molecule has 1 amide bonds. The Labute approximate surface area is 146 Å². The van der Waals surface area contributed by atoms with Crippen LogP contribution in [0.25, 0.3) is 0 Å². The molecular weight excluding hydrogens is 330 g/mol. The van der Waals surface area contributed by atoms with Crippen LogP contribution in [0.3, 0.4) is 0 Å². The minimum atomic E-state index is -1.98. The molecule has 0 aromatic rings. The summed E-state index contributed by atoms with van der Waals surface area (Å²) in [5.74, 6) is 0.525. The number of carbonyl (C=O) groups is 2. The minimum absolute atomic E-state index is 0.0473. The molecule has 1 unspecified atom stereocenters. The lowest BCUT2D eigenvalue weighted by atomic mass is 10.2. The van der Waals surface area contributed by atoms with Gasteiger partial charge in [0.1, 0.15) is 5.60 Å². The van der Waals surface area contributed by atoms with E-state index in [9.17, 15) is 9.59 Å². The molecule has 0 radical (unpaired) electrons. The second kappa shape index (κ2) is 8.53. The number of nitrogens with one attached hydrogen (secondary N) is 1. The van der Waals surface area contributed by atoms with Gasteiger partial charge >= 0.3 is 6.09 Å². The summed E-state index contributed by atoms with van der Waals surface area (Å²) in [5, 5.41) is 2.86. The molecule has 1 N–H and O–H groups in total. The predicted octanol–water partition coefficient (Wildman–Crippen LogP) is 4.18. The van der Waals surface area contributed by atoms with Gasteiger partial charge in [0.2, 0.25) is 0 Å². The van der Waals surface area contributed by atoms with Crippen LogP contribution in [0.15, 0.2) is 0 Å². The Bertz CT molecular complexity index is 413. The zero-order valence-electron chi connectivity index (χ0n) is 16.0. The highest BCUT2D eigenvalue weighted by Crippen LogP contribution is 2.37. The van der Waals surface area contributed by atoms with E-state index in [1.54, 1.807) is 0 Å². The van der Waals surface area contributed by atoms with Crippen molar-refractivity contribution >= 4 is 31.3 Å². The fourth-order valence-electron chi connectivity index (χ4n) is 1.45. The van der Waals surface area contributed by atoms with Crippen LogP contribution >= 0.6 is 11.8 Å². The van der Waals surface area contributed by atoms with E-state index >= 15 is 0 Å². The third kappa shape index (κ3) is 10.0. The summed E-state index contributed by atoms with van der Waals surface area (Å²) in [5.41, 5.74) is -0.534. The molecule has 0 heterocycles. The lowest BCUT2D eigenvalue weighted by Crippen LogP contribution is -2.48. The number of alkyl carbamates (subject to hydrolysis) is 1. The Morgan fingerprint density at radius 2 is 1.65 bits per heavy atom. The van der Waals surface area contributed by atoms with Crippen molar-refractivity contribution in [3.05, 3.63) is 0 Å². The third-order valence-corrected chi connectivity index (χ3v) is 9.09. The number of hydrogen-bond acceptors (Lipinski definition) is 5. The lowest BCUT2D eigenvalue weighted by molar-refractivity contribution is -0.109. The van der Waals surface area contributed by atoms with Gasteiger partial charge in [-0.15, -0.1) is 0 Å². The largest absolute Gasteiger partial charge is 0.444 e. The third-order valence-electron chi connectivity index (χ3n) is 3.61. The van der Waals surface area contributed by atoms with Crippen molar-refractivity contribution in [1.82, 2.24) is 5.32 Å². The van der Waals surface area contributed by atoms with Crippen LogP contribution in [-0.4, -0.2) is 43.5 Å². The van der Waals surface area contributed by atoms with E-state index in [0.717, 1.165) is 0 Å². The van der Waals surface area contributed by atoms with Crippen LogP contribution < -0.4 is 5.32 Å². The van der Waals surface area contributed by atoms with Crippen molar-refractivity contribution in [2.75, 3.05) is 12.3 Å². The Morgan fingerprint density at radius 3 is 2.04 bits per heavy atom. The fourth-order valence-corrected chi connectivity index (χ4v) is 3.53. The molecule has 0 aromatic carbocycles. The molecule has 23 heavy (non-hydrogen) atoms. The van der Waals surface area contributed by atoms with E-state index in [0.29, 0.717) is 12.3 Å².